The Balaban J connectivity index is 1.57. The maximum Gasteiger partial charge on any atom is 0.240 e. The third kappa shape index (κ3) is 3.77. The molecular formula is C15H23N5O. The Kier molecular flexibility index (Phi) is 4.77. The number of amides is 1. The maximum atomic E-state index is 12.2. The standard InChI is InChI=1S/C15H23N5O/c21-14(19-15-17-8-4-9-18-15)11-20-10-2-1-6-13(20)12-5-3-7-16-12/h4,8-9,12-13,16H,1-3,5-7,10-11H2,(H,17,18,19,21). The Morgan fingerprint density at radius 1 is 1.29 bits per heavy atom. The zero-order valence-corrected chi connectivity index (χ0v) is 12.3. The molecule has 21 heavy (non-hydrogen) atoms. The molecule has 1 aromatic rings. The smallest absolute Gasteiger partial charge is 0.240 e. The lowest BCUT2D eigenvalue weighted by Gasteiger charge is -2.38. The fourth-order valence-electron chi connectivity index (χ4n) is 3.42. The van der Waals surface area contributed by atoms with Crippen LogP contribution in [0.25, 0.3) is 0 Å². The van der Waals surface area contributed by atoms with E-state index < -0.39 is 0 Å². The Morgan fingerprint density at radius 2 is 2.14 bits per heavy atom. The average Bonchev–Trinajstić information content (AvgIpc) is 3.03. The number of carbonyl (C=O) groups is 1. The van der Waals surface area contributed by atoms with Gasteiger partial charge in [-0.3, -0.25) is 15.0 Å². The summed E-state index contributed by atoms with van der Waals surface area (Å²) in [4.78, 5) is 22.6. The predicted molar refractivity (Wildman–Crippen MR) is 80.9 cm³/mol. The molecule has 2 aliphatic heterocycles. The van der Waals surface area contributed by atoms with Gasteiger partial charge in [-0.15, -0.1) is 0 Å². The summed E-state index contributed by atoms with van der Waals surface area (Å²) >= 11 is 0. The Morgan fingerprint density at radius 3 is 2.90 bits per heavy atom. The molecule has 6 heteroatoms. The summed E-state index contributed by atoms with van der Waals surface area (Å²) in [6.07, 6.45) is 9.38. The number of carbonyl (C=O) groups excluding carboxylic acids is 1. The van der Waals surface area contributed by atoms with E-state index in [0.29, 0.717) is 24.6 Å². The van der Waals surface area contributed by atoms with Crippen LogP contribution in [0.2, 0.25) is 0 Å². The van der Waals surface area contributed by atoms with Gasteiger partial charge in [0.2, 0.25) is 11.9 Å². The van der Waals surface area contributed by atoms with Gasteiger partial charge in [-0.05, 0) is 44.8 Å². The van der Waals surface area contributed by atoms with Crippen LogP contribution in [0.1, 0.15) is 32.1 Å². The van der Waals surface area contributed by atoms with Crippen molar-refractivity contribution in [3.8, 4) is 0 Å². The highest BCUT2D eigenvalue weighted by molar-refractivity contribution is 5.90. The second-order valence-corrected chi connectivity index (χ2v) is 5.86. The zero-order chi connectivity index (χ0) is 14.5. The van der Waals surface area contributed by atoms with Crippen molar-refractivity contribution in [2.75, 3.05) is 25.0 Å². The molecular weight excluding hydrogens is 266 g/mol. The normalized spacial score (nSPS) is 26.7. The van der Waals surface area contributed by atoms with Gasteiger partial charge in [0.15, 0.2) is 0 Å². The van der Waals surface area contributed by atoms with Crippen molar-refractivity contribution in [2.45, 2.75) is 44.2 Å². The van der Waals surface area contributed by atoms with E-state index in [1.54, 1.807) is 18.5 Å². The summed E-state index contributed by atoms with van der Waals surface area (Å²) in [6, 6.07) is 2.78. The molecule has 2 saturated heterocycles. The summed E-state index contributed by atoms with van der Waals surface area (Å²) in [7, 11) is 0. The molecule has 0 radical (unpaired) electrons. The topological polar surface area (TPSA) is 70.2 Å². The van der Waals surface area contributed by atoms with Gasteiger partial charge in [-0.2, -0.15) is 0 Å². The minimum absolute atomic E-state index is 0.0221. The zero-order valence-electron chi connectivity index (χ0n) is 12.3. The van der Waals surface area contributed by atoms with E-state index in [1.165, 1.54) is 32.1 Å². The number of likely N-dealkylation sites (tertiary alicyclic amines) is 1. The quantitative estimate of drug-likeness (QED) is 0.866. The number of aromatic nitrogens is 2. The van der Waals surface area contributed by atoms with Gasteiger partial charge in [-0.1, -0.05) is 6.42 Å². The van der Waals surface area contributed by atoms with E-state index in [2.05, 4.69) is 25.5 Å². The van der Waals surface area contributed by atoms with E-state index >= 15 is 0 Å². The van der Waals surface area contributed by atoms with Gasteiger partial charge in [0.1, 0.15) is 0 Å². The first-order chi connectivity index (χ1) is 10.3. The van der Waals surface area contributed by atoms with Crippen molar-refractivity contribution < 1.29 is 4.79 Å². The lowest BCUT2D eigenvalue weighted by atomic mass is 9.94. The lowest BCUT2D eigenvalue weighted by Crippen LogP contribution is -2.52. The van der Waals surface area contributed by atoms with Crippen LogP contribution in [0.3, 0.4) is 0 Å². The first-order valence-electron chi connectivity index (χ1n) is 7.87. The van der Waals surface area contributed by atoms with Crippen LogP contribution < -0.4 is 10.6 Å². The molecule has 2 unspecified atom stereocenters. The molecule has 2 N–H and O–H groups in total. The summed E-state index contributed by atoms with van der Waals surface area (Å²) in [5.74, 6) is 0.362. The number of hydrogen-bond donors (Lipinski definition) is 2. The molecule has 114 valence electrons. The first-order valence-corrected chi connectivity index (χ1v) is 7.87. The van der Waals surface area contributed by atoms with Gasteiger partial charge in [0.25, 0.3) is 0 Å². The van der Waals surface area contributed by atoms with Gasteiger partial charge >= 0.3 is 0 Å². The molecule has 1 aromatic heterocycles. The second-order valence-electron chi connectivity index (χ2n) is 5.86. The minimum Gasteiger partial charge on any atom is -0.312 e. The van der Waals surface area contributed by atoms with Crippen LogP contribution >= 0.6 is 0 Å². The van der Waals surface area contributed by atoms with Crippen molar-refractivity contribution in [3.63, 3.8) is 0 Å². The van der Waals surface area contributed by atoms with Crippen LogP contribution in [0.15, 0.2) is 18.5 Å². The summed E-state index contributed by atoms with van der Waals surface area (Å²) in [6.45, 7) is 2.55. The molecule has 0 spiro atoms. The van der Waals surface area contributed by atoms with Gasteiger partial charge in [0.05, 0.1) is 6.54 Å². The molecule has 0 aliphatic carbocycles. The van der Waals surface area contributed by atoms with Crippen molar-refractivity contribution in [3.05, 3.63) is 18.5 Å². The van der Waals surface area contributed by atoms with Gasteiger partial charge in [-0.25, -0.2) is 9.97 Å². The molecule has 0 bridgehead atoms. The molecule has 2 aliphatic rings. The number of nitrogens with zero attached hydrogens (tertiary/aromatic N) is 3. The highest BCUT2D eigenvalue weighted by Crippen LogP contribution is 2.23. The summed E-state index contributed by atoms with van der Waals surface area (Å²) < 4.78 is 0. The number of nitrogens with one attached hydrogen (secondary N) is 2. The number of anilines is 1. The van der Waals surface area contributed by atoms with Crippen LogP contribution in [0, 0.1) is 0 Å². The molecule has 0 aromatic carbocycles. The summed E-state index contributed by atoms with van der Waals surface area (Å²) in [5.41, 5.74) is 0. The molecule has 0 saturated carbocycles. The Bertz CT molecular complexity index is 460. The fraction of sp³-hybridized carbons (Fsp3) is 0.667. The molecule has 3 rings (SSSR count). The summed E-state index contributed by atoms with van der Waals surface area (Å²) in [5, 5.41) is 6.36. The molecule has 6 nitrogen and oxygen atoms in total. The second kappa shape index (κ2) is 6.95. The third-order valence-electron chi connectivity index (χ3n) is 4.39. The third-order valence-corrected chi connectivity index (χ3v) is 4.39. The van der Waals surface area contributed by atoms with E-state index in [1.807, 2.05) is 0 Å². The van der Waals surface area contributed by atoms with Crippen molar-refractivity contribution in [2.24, 2.45) is 0 Å². The largest absolute Gasteiger partial charge is 0.312 e. The first kappa shape index (κ1) is 14.4. The lowest BCUT2D eigenvalue weighted by molar-refractivity contribution is -0.118. The van der Waals surface area contributed by atoms with Gasteiger partial charge < -0.3 is 5.32 Å². The Labute approximate surface area is 125 Å². The van der Waals surface area contributed by atoms with Crippen LogP contribution in [0.4, 0.5) is 5.95 Å². The van der Waals surface area contributed by atoms with Crippen LogP contribution in [-0.4, -0.2) is 52.5 Å². The SMILES string of the molecule is O=C(CN1CCCCC1C1CCCN1)Nc1ncccn1. The van der Waals surface area contributed by atoms with Crippen molar-refractivity contribution >= 4 is 11.9 Å². The van der Waals surface area contributed by atoms with Crippen LogP contribution in [0.5, 0.6) is 0 Å². The van der Waals surface area contributed by atoms with E-state index in [9.17, 15) is 4.79 Å². The molecule has 2 atom stereocenters. The number of hydrogen-bond acceptors (Lipinski definition) is 5. The minimum atomic E-state index is -0.0221. The number of piperidine rings is 1. The highest BCUT2D eigenvalue weighted by atomic mass is 16.2. The monoisotopic (exact) mass is 289 g/mol. The maximum absolute atomic E-state index is 12.2. The van der Waals surface area contributed by atoms with Crippen molar-refractivity contribution in [1.29, 1.82) is 0 Å². The van der Waals surface area contributed by atoms with Gasteiger partial charge in [0, 0.05) is 24.5 Å². The highest BCUT2D eigenvalue weighted by Gasteiger charge is 2.32. The molecule has 1 amide bonds. The van der Waals surface area contributed by atoms with E-state index in [-0.39, 0.29) is 5.91 Å². The molecule has 2 fully saturated rings. The molecule has 3 heterocycles. The average molecular weight is 289 g/mol. The number of rotatable bonds is 4. The Hall–Kier alpha value is -1.53. The van der Waals surface area contributed by atoms with Crippen molar-refractivity contribution in [1.82, 2.24) is 20.2 Å². The predicted octanol–water partition coefficient (Wildman–Crippen LogP) is 1.02. The fourth-order valence-corrected chi connectivity index (χ4v) is 3.42. The van der Waals surface area contributed by atoms with E-state index in [4.69, 9.17) is 0 Å². The van der Waals surface area contributed by atoms with E-state index in [0.717, 1.165) is 13.1 Å². The van der Waals surface area contributed by atoms with Crippen LogP contribution in [-0.2, 0) is 4.79 Å².